The predicted octanol–water partition coefficient (Wildman–Crippen LogP) is 3.96. The minimum Gasteiger partial charge on any atom is -0.434 e. The Morgan fingerprint density at radius 2 is 1.91 bits per heavy atom. The lowest BCUT2D eigenvalue weighted by Gasteiger charge is -2.53. The first-order valence-corrected chi connectivity index (χ1v) is 16.4. The Kier molecular flexibility index (Phi) is 11.7. The van der Waals surface area contributed by atoms with Crippen molar-refractivity contribution in [2.45, 2.75) is 72.9 Å². The molecule has 2 aliphatic heterocycles. The summed E-state index contributed by atoms with van der Waals surface area (Å²) in [6.07, 6.45) is 4.62. The largest absolute Gasteiger partial charge is 0.434 e. The Bertz CT molecular complexity index is 1300. The molecule has 11 nitrogen and oxygen atoms in total. The van der Waals surface area contributed by atoms with Crippen LogP contribution in [0.1, 0.15) is 71.2 Å². The molecule has 2 amide bonds. The summed E-state index contributed by atoms with van der Waals surface area (Å²) < 4.78 is 20.5. The van der Waals surface area contributed by atoms with Crippen molar-refractivity contribution in [1.82, 2.24) is 35.6 Å². The Morgan fingerprint density at radius 3 is 2.58 bits per heavy atom. The highest BCUT2D eigenvalue weighted by Gasteiger charge is 2.50. The van der Waals surface area contributed by atoms with Crippen molar-refractivity contribution < 1.29 is 18.7 Å². The minimum absolute atomic E-state index is 0.0380. The van der Waals surface area contributed by atoms with Crippen molar-refractivity contribution in [2.75, 3.05) is 57.8 Å². The van der Waals surface area contributed by atoms with Crippen molar-refractivity contribution in [3.8, 4) is 11.6 Å². The molecule has 0 saturated carbocycles. The van der Waals surface area contributed by atoms with E-state index in [4.69, 9.17) is 4.74 Å². The van der Waals surface area contributed by atoms with E-state index in [0.717, 1.165) is 52.0 Å². The fourth-order valence-corrected chi connectivity index (χ4v) is 6.76. The molecule has 2 fully saturated rings. The normalized spacial score (nSPS) is 17.4. The van der Waals surface area contributed by atoms with Gasteiger partial charge in [-0.3, -0.25) is 14.5 Å². The maximum absolute atomic E-state index is 14.3. The van der Waals surface area contributed by atoms with Gasteiger partial charge in [-0.2, -0.15) is 0 Å². The van der Waals surface area contributed by atoms with Crippen LogP contribution >= 0.6 is 0 Å². The third-order valence-electron chi connectivity index (χ3n) is 9.23. The smallest absolute Gasteiger partial charge is 0.282 e. The lowest BCUT2D eigenvalue weighted by Crippen LogP contribution is -2.62. The van der Waals surface area contributed by atoms with E-state index in [0.29, 0.717) is 30.9 Å². The van der Waals surface area contributed by atoms with Crippen LogP contribution < -0.4 is 20.3 Å². The van der Waals surface area contributed by atoms with Gasteiger partial charge in [0.1, 0.15) is 17.9 Å². The molecular weight excluding hydrogens is 575 g/mol. The van der Waals surface area contributed by atoms with Crippen LogP contribution in [0.5, 0.6) is 11.6 Å². The van der Waals surface area contributed by atoms with Gasteiger partial charge in [0.25, 0.3) is 11.8 Å². The average Bonchev–Trinajstić information content (AvgIpc) is 3.44. The molecule has 1 aromatic heterocycles. The Hall–Kier alpha value is -3.38. The summed E-state index contributed by atoms with van der Waals surface area (Å²) in [6, 6.07) is 4.42. The van der Waals surface area contributed by atoms with Crippen LogP contribution in [-0.4, -0.2) is 102 Å². The number of nitrogens with one attached hydrogen (secondary N) is 2. The Labute approximate surface area is 267 Å². The van der Waals surface area contributed by atoms with Gasteiger partial charge in [0, 0.05) is 69.7 Å². The average molecular weight is 627 g/mol. The topological polar surface area (TPSA) is 116 Å². The van der Waals surface area contributed by atoms with Crippen molar-refractivity contribution in [3.05, 3.63) is 35.9 Å². The summed E-state index contributed by atoms with van der Waals surface area (Å²) in [4.78, 5) is 36.1. The SMILES string of the molecule is CCN(C(=O)c1cc(F)ccc1Oc1nncnc1N1CCC2(C1)CN([C@H](CCCNC[C@H](C)C(=O)NC)C(C)C)C2)C(C)C. The first kappa shape index (κ1) is 34.5. The van der Waals surface area contributed by atoms with Gasteiger partial charge >= 0.3 is 0 Å². The zero-order valence-electron chi connectivity index (χ0n) is 28.0. The van der Waals surface area contributed by atoms with Crippen molar-refractivity contribution >= 4 is 17.6 Å². The van der Waals surface area contributed by atoms with Crippen LogP contribution in [0.2, 0.25) is 0 Å². The first-order chi connectivity index (χ1) is 21.5. The molecule has 2 N–H and O–H groups in total. The van der Waals surface area contributed by atoms with E-state index >= 15 is 0 Å². The fourth-order valence-electron chi connectivity index (χ4n) is 6.76. The highest BCUT2D eigenvalue weighted by atomic mass is 19.1. The molecule has 2 aromatic rings. The number of carbonyl (C=O) groups excluding carboxylic acids is 2. The number of amides is 2. The van der Waals surface area contributed by atoms with E-state index in [1.807, 2.05) is 27.7 Å². The number of hydrogen-bond donors (Lipinski definition) is 2. The summed E-state index contributed by atoms with van der Waals surface area (Å²) in [6.45, 7) is 18.1. The van der Waals surface area contributed by atoms with Gasteiger partial charge < -0.3 is 25.2 Å². The number of halogens is 1. The standard InChI is InChI=1S/C33H51FN8O3/c1-8-42(23(4)5)32(44)26-16-25(34)11-12-28(26)45-31-29(37-21-38-39-31)40-15-13-33(18-40)19-41(20-33)27(22(2)3)10-9-14-36-17-24(6)30(43)35-7/h11-12,16,21-24,27,36H,8-10,13-15,17-20H2,1-7H3,(H,35,43)/t24-,27+/m0/s1. The maximum Gasteiger partial charge on any atom is 0.282 e. The molecule has 45 heavy (non-hydrogen) atoms. The van der Waals surface area contributed by atoms with Gasteiger partial charge in [-0.05, 0) is 70.7 Å². The second kappa shape index (κ2) is 15.3. The van der Waals surface area contributed by atoms with Gasteiger partial charge in [-0.25, -0.2) is 9.37 Å². The number of aromatic nitrogens is 3. The number of rotatable bonds is 15. The lowest BCUT2D eigenvalue weighted by molar-refractivity contribution is -0.123. The summed E-state index contributed by atoms with van der Waals surface area (Å²) in [7, 11) is 1.67. The van der Waals surface area contributed by atoms with E-state index in [2.05, 4.69) is 49.5 Å². The molecule has 1 aromatic carbocycles. The van der Waals surface area contributed by atoms with Crippen LogP contribution in [0.15, 0.2) is 24.5 Å². The number of likely N-dealkylation sites (tertiary alicyclic amines) is 1. The van der Waals surface area contributed by atoms with Gasteiger partial charge in [0.05, 0.1) is 5.56 Å². The molecule has 0 unspecified atom stereocenters. The van der Waals surface area contributed by atoms with Crippen LogP contribution in [0.3, 0.4) is 0 Å². The van der Waals surface area contributed by atoms with Crippen LogP contribution in [0.25, 0.3) is 0 Å². The number of nitrogens with zero attached hydrogens (tertiary/aromatic N) is 6. The molecule has 2 saturated heterocycles. The third-order valence-corrected chi connectivity index (χ3v) is 9.23. The maximum atomic E-state index is 14.3. The third kappa shape index (κ3) is 8.26. The Balaban J connectivity index is 1.38. The number of carbonyl (C=O) groups is 2. The molecule has 3 heterocycles. The van der Waals surface area contributed by atoms with E-state index < -0.39 is 5.82 Å². The van der Waals surface area contributed by atoms with Gasteiger partial charge in [-0.15, -0.1) is 10.2 Å². The molecule has 4 rings (SSSR count). The minimum atomic E-state index is -0.509. The molecule has 12 heteroatoms. The lowest BCUT2D eigenvalue weighted by atomic mass is 9.76. The second-order valence-corrected chi connectivity index (χ2v) is 13.3. The summed E-state index contributed by atoms with van der Waals surface area (Å²) in [5.74, 6) is 0.774. The van der Waals surface area contributed by atoms with Gasteiger partial charge in [0.15, 0.2) is 5.82 Å². The predicted molar refractivity (Wildman–Crippen MR) is 173 cm³/mol. The molecule has 0 aliphatic carbocycles. The van der Waals surface area contributed by atoms with E-state index in [-0.39, 0.29) is 46.4 Å². The molecule has 0 radical (unpaired) electrons. The van der Waals surface area contributed by atoms with Gasteiger partial charge in [0.2, 0.25) is 5.91 Å². The van der Waals surface area contributed by atoms with Gasteiger partial charge in [-0.1, -0.05) is 20.8 Å². The Morgan fingerprint density at radius 1 is 1.16 bits per heavy atom. The van der Waals surface area contributed by atoms with Crippen LogP contribution in [0.4, 0.5) is 10.2 Å². The van der Waals surface area contributed by atoms with E-state index in [9.17, 15) is 14.0 Å². The summed E-state index contributed by atoms with van der Waals surface area (Å²) in [5.41, 5.74) is 0.317. The quantitative estimate of drug-likeness (QED) is 0.284. The first-order valence-electron chi connectivity index (χ1n) is 16.4. The molecular formula is C33H51FN8O3. The highest BCUT2D eigenvalue weighted by Crippen LogP contribution is 2.44. The van der Waals surface area contributed by atoms with Crippen LogP contribution in [0, 0.1) is 23.1 Å². The highest BCUT2D eigenvalue weighted by molar-refractivity contribution is 5.97. The second-order valence-electron chi connectivity index (χ2n) is 13.3. The molecule has 2 atom stereocenters. The molecule has 0 bridgehead atoms. The molecule has 2 aliphatic rings. The van der Waals surface area contributed by atoms with E-state index in [1.54, 1.807) is 11.9 Å². The summed E-state index contributed by atoms with van der Waals surface area (Å²) >= 11 is 0. The number of benzene rings is 1. The summed E-state index contributed by atoms with van der Waals surface area (Å²) in [5, 5.41) is 14.3. The van der Waals surface area contributed by atoms with Crippen molar-refractivity contribution in [2.24, 2.45) is 17.3 Å². The zero-order chi connectivity index (χ0) is 32.7. The fraction of sp³-hybridized carbons (Fsp3) is 0.667. The van der Waals surface area contributed by atoms with Crippen molar-refractivity contribution in [3.63, 3.8) is 0 Å². The number of anilines is 1. The molecule has 1 spiro atoms. The van der Waals surface area contributed by atoms with Crippen molar-refractivity contribution in [1.29, 1.82) is 0 Å². The monoisotopic (exact) mass is 626 g/mol. The number of hydrogen-bond acceptors (Lipinski definition) is 9. The van der Waals surface area contributed by atoms with Crippen LogP contribution in [-0.2, 0) is 4.79 Å². The zero-order valence-corrected chi connectivity index (χ0v) is 28.0. The molecule has 248 valence electrons. The van der Waals surface area contributed by atoms with E-state index in [1.165, 1.54) is 24.5 Å². The number of ether oxygens (including phenoxy) is 1.